The van der Waals surface area contributed by atoms with Gasteiger partial charge in [0.05, 0.1) is 0 Å². The van der Waals surface area contributed by atoms with Crippen molar-refractivity contribution in [2.24, 2.45) is 5.92 Å². The second kappa shape index (κ2) is 12.6. The van der Waals surface area contributed by atoms with Crippen molar-refractivity contribution in [1.82, 2.24) is 0 Å². The van der Waals surface area contributed by atoms with Gasteiger partial charge in [-0.3, -0.25) is 0 Å². The predicted octanol–water partition coefficient (Wildman–Crippen LogP) is 13.3. The minimum Gasteiger partial charge on any atom is -0.311 e. The molecule has 0 bridgehead atoms. The summed E-state index contributed by atoms with van der Waals surface area (Å²) < 4.78 is 0. The SMILES string of the molecule is CC1C=C(N(c2ccc(-c3ccccc3)cc2)c2ccc3c(c2)C(C)(C)C2=CC(c4ccc5ccccc5c4)CC=C23)C=CC1c1ccccc1. The van der Waals surface area contributed by atoms with Crippen LogP contribution in [0, 0.1) is 5.92 Å². The molecule has 0 amide bonds. The first-order chi connectivity index (χ1) is 24.9. The van der Waals surface area contributed by atoms with Gasteiger partial charge in [0.1, 0.15) is 0 Å². The summed E-state index contributed by atoms with van der Waals surface area (Å²) in [7, 11) is 0. The molecule has 51 heavy (non-hydrogen) atoms. The molecular formula is C50H43N. The van der Waals surface area contributed by atoms with E-state index >= 15 is 0 Å². The molecule has 0 saturated heterocycles. The van der Waals surface area contributed by atoms with E-state index in [1.807, 2.05) is 0 Å². The Bertz CT molecular complexity index is 2370. The number of hydrogen-bond donors (Lipinski definition) is 0. The molecule has 6 aromatic carbocycles. The Morgan fingerprint density at radius 3 is 2.06 bits per heavy atom. The van der Waals surface area contributed by atoms with Crippen LogP contribution < -0.4 is 4.90 Å². The molecule has 9 rings (SSSR count). The highest BCUT2D eigenvalue weighted by Crippen LogP contribution is 2.54. The van der Waals surface area contributed by atoms with Gasteiger partial charge in [0.2, 0.25) is 0 Å². The zero-order valence-corrected chi connectivity index (χ0v) is 29.6. The van der Waals surface area contributed by atoms with Crippen LogP contribution >= 0.6 is 0 Å². The van der Waals surface area contributed by atoms with Gasteiger partial charge in [-0.25, -0.2) is 0 Å². The minimum absolute atomic E-state index is 0.113. The Labute approximate surface area is 302 Å². The zero-order valence-electron chi connectivity index (χ0n) is 29.6. The highest BCUT2D eigenvalue weighted by molar-refractivity contribution is 5.92. The molecule has 0 spiro atoms. The molecule has 248 valence electrons. The molecule has 3 unspecified atom stereocenters. The normalized spacial score (nSPS) is 20.2. The molecule has 3 aliphatic rings. The van der Waals surface area contributed by atoms with Crippen LogP contribution in [0.25, 0.3) is 27.5 Å². The van der Waals surface area contributed by atoms with E-state index in [4.69, 9.17) is 0 Å². The van der Waals surface area contributed by atoms with Gasteiger partial charge in [0.15, 0.2) is 0 Å². The van der Waals surface area contributed by atoms with Crippen LogP contribution in [-0.2, 0) is 5.41 Å². The fourth-order valence-corrected chi connectivity index (χ4v) is 8.68. The molecule has 0 radical (unpaired) electrons. The third-order valence-corrected chi connectivity index (χ3v) is 11.5. The van der Waals surface area contributed by atoms with Gasteiger partial charge in [0, 0.05) is 34.3 Å². The van der Waals surface area contributed by atoms with Gasteiger partial charge >= 0.3 is 0 Å². The van der Waals surface area contributed by atoms with Gasteiger partial charge in [-0.2, -0.15) is 0 Å². The molecule has 0 heterocycles. The van der Waals surface area contributed by atoms with Gasteiger partial charge in [-0.1, -0.05) is 166 Å². The topological polar surface area (TPSA) is 3.24 Å². The Balaban J connectivity index is 1.10. The molecule has 3 aliphatic carbocycles. The molecule has 3 atom stereocenters. The summed E-state index contributed by atoms with van der Waals surface area (Å²) in [5, 5.41) is 2.61. The maximum absolute atomic E-state index is 2.57. The van der Waals surface area contributed by atoms with Crippen LogP contribution in [0.5, 0.6) is 0 Å². The monoisotopic (exact) mass is 657 g/mol. The lowest BCUT2D eigenvalue weighted by atomic mass is 9.77. The lowest BCUT2D eigenvalue weighted by Crippen LogP contribution is -2.21. The number of hydrogen-bond acceptors (Lipinski definition) is 1. The zero-order chi connectivity index (χ0) is 34.5. The molecule has 1 nitrogen and oxygen atoms in total. The van der Waals surface area contributed by atoms with Crippen molar-refractivity contribution in [2.75, 3.05) is 4.90 Å². The first-order valence-electron chi connectivity index (χ1n) is 18.4. The molecule has 0 saturated carbocycles. The Morgan fingerprint density at radius 1 is 0.608 bits per heavy atom. The molecule has 0 aromatic heterocycles. The predicted molar refractivity (Wildman–Crippen MR) is 216 cm³/mol. The van der Waals surface area contributed by atoms with Crippen LogP contribution in [0.15, 0.2) is 187 Å². The largest absolute Gasteiger partial charge is 0.311 e. The van der Waals surface area contributed by atoms with Crippen molar-refractivity contribution < 1.29 is 0 Å². The van der Waals surface area contributed by atoms with Crippen LogP contribution in [0.4, 0.5) is 11.4 Å². The third kappa shape index (κ3) is 5.58. The number of fused-ring (bicyclic) bond motifs is 4. The molecule has 6 aromatic rings. The van der Waals surface area contributed by atoms with Crippen molar-refractivity contribution in [2.45, 2.75) is 44.4 Å². The van der Waals surface area contributed by atoms with Gasteiger partial charge in [0.25, 0.3) is 0 Å². The first kappa shape index (κ1) is 31.3. The number of allylic oxidation sites excluding steroid dienone is 7. The summed E-state index contributed by atoms with van der Waals surface area (Å²) in [5.41, 5.74) is 14.3. The number of benzene rings is 6. The van der Waals surface area contributed by atoms with E-state index in [1.54, 1.807) is 0 Å². The average molecular weight is 658 g/mol. The van der Waals surface area contributed by atoms with Gasteiger partial charge < -0.3 is 4.90 Å². The Morgan fingerprint density at radius 2 is 1.29 bits per heavy atom. The van der Waals surface area contributed by atoms with Crippen LogP contribution in [0.2, 0.25) is 0 Å². The van der Waals surface area contributed by atoms with Gasteiger partial charge in [-0.15, -0.1) is 0 Å². The Kier molecular flexibility index (Phi) is 7.73. The summed E-state index contributed by atoms with van der Waals surface area (Å²) >= 11 is 0. The summed E-state index contributed by atoms with van der Waals surface area (Å²) in [6.07, 6.45) is 13.3. The van der Waals surface area contributed by atoms with Crippen molar-refractivity contribution >= 4 is 27.7 Å². The number of rotatable bonds is 6. The second-order valence-electron chi connectivity index (χ2n) is 15.0. The van der Waals surface area contributed by atoms with E-state index in [9.17, 15) is 0 Å². The van der Waals surface area contributed by atoms with Crippen molar-refractivity contribution in [3.8, 4) is 11.1 Å². The van der Waals surface area contributed by atoms with Gasteiger partial charge in [-0.05, 0) is 98.0 Å². The summed E-state index contributed by atoms with van der Waals surface area (Å²) in [5.74, 6) is 1.08. The fraction of sp³-hybridized carbons (Fsp3) is 0.160. The van der Waals surface area contributed by atoms with E-state index in [1.165, 1.54) is 72.4 Å². The van der Waals surface area contributed by atoms with Crippen molar-refractivity contribution in [3.05, 3.63) is 209 Å². The average Bonchev–Trinajstić information content (AvgIpc) is 3.40. The quantitative estimate of drug-likeness (QED) is 0.172. The standard InChI is InChI=1S/C50H43N/c1-34-30-43(25-28-45(34)38-15-8-5-9-16-38)51(42-23-20-37(21-24-42)35-12-6-4-7-13-35)44-26-29-47-46-27-22-41(32-48(46)50(2,3)49(47)33-44)40-19-18-36-14-10-11-17-39(36)31-40/h4-21,23-34,41,45H,22H2,1-3H3. The summed E-state index contributed by atoms with van der Waals surface area (Å²) in [6.45, 7) is 7.17. The van der Waals surface area contributed by atoms with E-state index in [-0.39, 0.29) is 5.41 Å². The van der Waals surface area contributed by atoms with Crippen LogP contribution in [-0.4, -0.2) is 0 Å². The van der Waals surface area contributed by atoms with Crippen molar-refractivity contribution in [1.29, 1.82) is 0 Å². The lowest BCUT2D eigenvalue weighted by Gasteiger charge is -2.32. The molecule has 1 heteroatoms. The first-order valence-corrected chi connectivity index (χ1v) is 18.4. The number of anilines is 2. The second-order valence-corrected chi connectivity index (χ2v) is 15.0. The van der Waals surface area contributed by atoms with E-state index in [0.717, 1.165) is 6.42 Å². The van der Waals surface area contributed by atoms with Crippen LogP contribution in [0.3, 0.4) is 0 Å². The van der Waals surface area contributed by atoms with Crippen molar-refractivity contribution in [3.63, 3.8) is 0 Å². The van der Waals surface area contributed by atoms with E-state index < -0.39 is 0 Å². The highest BCUT2D eigenvalue weighted by Gasteiger charge is 2.40. The fourth-order valence-electron chi connectivity index (χ4n) is 8.68. The molecule has 0 aliphatic heterocycles. The maximum atomic E-state index is 2.57. The molecular weight excluding hydrogens is 615 g/mol. The van der Waals surface area contributed by atoms with E-state index in [2.05, 4.69) is 202 Å². The summed E-state index contributed by atoms with van der Waals surface area (Å²) in [4.78, 5) is 2.46. The third-order valence-electron chi connectivity index (χ3n) is 11.5. The number of nitrogens with zero attached hydrogens (tertiary/aromatic N) is 1. The minimum atomic E-state index is -0.113. The smallest absolute Gasteiger partial charge is 0.0464 e. The van der Waals surface area contributed by atoms with Crippen LogP contribution in [0.1, 0.15) is 61.3 Å². The molecule has 0 fully saturated rings. The molecule has 0 N–H and O–H groups in total. The van der Waals surface area contributed by atoms with E-state index in [0.29, 0.717) is 17.8 Å². The maximum Gasteiger partial charge on any atom is 0.0464 e. The summed E-state index contributed by atoms with van der Waals surface area (Å²) in [6, 6.07) is 53.5. The highest BCUT2D eigenvalue weighted by atomic mass is 15.1. The Hall–Kier alpha value is -5.66. The lowest BCUT2D eigenvalue weighted by molar-refractivity contribution is 0.628.